The van der Waals surface area contributed by atoms with Crippen molar-refractivity contribution in [1.29, 1.82) is 0 Å². The molecule has 0 fully saturated rings. The molecule has 2 N–H and O–H groups in total. The number of esters is 4. The van der Waals surface area contributed by atoms with E-state index in [9.17, 15) is 29.4 Å². The number of rotatable bonds is 8. The van der Waals surface area contributed by atoms with Gasteiger partial charge in [0.25, 0.3) is 0 Å². The highest BCUT2D eigenvalue weighted by Gasteiger charge is 2.25. The van der Waals surface area contributed by atoms with E-state index in [4.69, 9.17) is 0 Å². The minimum absolute atomic E-state index is 0.0234. The van der Waals surface area contributed by atoms with Crippen molar-refractivity contribution in [2.75, 3.05) is 13.2 Å². The first-order valence-electron chi connectivity index (χ1n) is 6.24. The predicted molar refractivity (Wildman–Crippen MR) is 65.6 cm³/mol. The van der Waals surface area contributed by atoms with Crippen LogP contribution in [0.25, 0.3) is 0 Å². The number of carbonyl (C=O) groups excluding carboxylic acids is 4. The highest BCUT2D eigenvalue weighted by atomic mass is 16.6. The van der Waals surface area contributed by atoms with Crippen LogP contribution >= 0.6 is 0 Å². The molecule has 0 aliphatic heterocycles. The Bertz CT molecular complexity index is 354. The number of carbonyl (C=O) groups is 4. The van der Waals surface area contributed by atoms with E-state index in [1.165, 1.54) is 13.8 Å². The second kappa shape index (κ2) is 9.83. The van der Waals surface area contributed by atoms with E-state index in [-0.39, 0.29) is 13.2 Å². The molecule has 0 radical (unpaired) electrons. The maximum atomic E-state index is 11.2. The summed E-state index contributed by atoms with van der Waals surface area (Å²) in [5.41, 5.74) is 0. The van der Waals surface area contributed by atoms with Crippen LogP contribution in [0.1, 0.15) is 26.7 Å². The van der Waals surface area contributed by atoms with Crippen LogP contribution in [0.15, 0.2) is 0 Å². The average molecular weight is 306 g/mol. The summed E-state index contributed by atoms with van der Waals surface area (Å²) in [7, 11) is 0. The van der Waals surface area contributed by atoms with Crippen LogP contribution in [0.5, 0.6) is 0 Å². The van der Waals surface area contributed by atoms with Crippen molar-refractivity contribution in [3.8, 4) is 0 Å². The third-order valence-corrected chi connectivity index (χ3v) is 2.07. The molecule has 0 aliphatic rings. The predicted octanol–water partition coefficient (Wildman–Crippen LogP) is -1.32. The van der Waals surface area contributed by atoms with Crippen LogP contribution in [0, 0.1) is 0 Å². The van der Waals surface area contributed by atoms with Gasteiger partial charge in [-0.3, -0.25) is 9.59 Å². The quantitative estimate of drug-likeness (QED) is 0.318. The van der Waals surface area contributed by atoms with Crippen LogP contribution in [-0.4, -0.2) is 59.5 Å². The molecule has 0 heterocycles. The van der Waals surface area contributed by atoms with Gasteiger partial charge in [0.2, 0.25) is 0 Å². The van der Waals surface area contributed by atoms with Crippen molar-refractivity contribution in [3.05, 3.63) is 0 Å². The Balaban J connectivity index is 4.18. The van der Waals surface area contributed by atoms with Gasteiger partial charge in [0, 0.05) is 0 Å². The number of aliphatic hydroxyl groups excluding tert-OH is 2. The molecule has 0 aromatic rings. The Morgan fingerprint density at radius 2 is 1.14 bits per heavy atom. The van der Waals surface area contributed by atoms with Gasteiger partial charge >= 0.3 is 23.9 Å². The lowest BCUT2D eigenvalue weighted by Crippen LogP contribution is -2.30. The van der Waals surface area contributed by atoms with E-state index in [0.717, 1.165) is 0 Å². The van der Waals surface area contributed by atoms with Gasteiger partial charge in [-0.1, -0.05) is 0 Å². The van der Waals surface area contributed by atoms with Crippen LogP contribution < -0.4 is 0 Å². The summed E-state index contributed by atoms with van der Waals surface area (Å²) in [4.78, 5) is 44.6. The molecule has 2 atom stereocenters. The zero-order valence-corrected chi connectivity index (χ0v) is 11.7. The molecular formula is C12H18O9. The third kappa shape index (κ3) is 8.00. The molecule has 0 aliphatic carbocycles. The zero-order valence-electron chi connectivity index (χ0n) is 11.7. The van der Waals surface area contributed by atoms with Gasteiger partial charge in [0.05, 0.1) is 26.1 Å². The Labute approximate surface area is 120 Å². The smallest absolute Gasteiger partial charge is 0.335 e. The van der Waals surface area contributed by atoms with Crippen molar-refractivity contribution < 1.29 is 43.6 Å². The Morgan fingerprint density at radius 3 is 1.43 bits per heavy atom. The molecule has 0 amide bonds. The van der Waals surface area contributed by atoms with Gasteiger partial charge in [0.15, 0.2) is 12.2 Å². The lowest BCUT2D eigenvalue weighted by atomic mass is 10.2. The number of hydrogen-bond acceptors (Lipinski definition) is 9. The first-order valence-corrected chi connectivity index (χ1v) is 6.24. The van der Waals surface area contributed by atoms with Crippen molar-refractivity contribution in [2.24, 2.45) is 0 Å². The normalized spacial score (nSPS) is 13.0. The molecule has 0 spiro atoms. The van der Waals surface area contributed by atoms with Crippen LogP contribution in [-0.2, 0) is 33.4 Å². The molecule has 0 rings (SSSR count). The first-order chi connectivity index (χ1) is 9.81. The van der Waals surface area contributed by atoms with Gasteiger partial charge in [-0.2, -0.15) is 0 Å². The SMILES string of the molecule is CCOC(=O)C(O)CC(=O)OC(=O)CC(O)C(=O)OCC. The molecular weight excluding hydrogens is 288 g/mol. The lowest BCUT2D eigenvalue weighted by molar-refractivity contribution is -0.169. The van der Waals surface area contributed by atoms with Crippen molar-refractivity contribution in [3.63, 3.8) is 0 Å². The first kappa shape index (κ1) is 19.0. The maximum absolute atomic E-state index is 11.2. The van der Waals surface area contributed by atoms with E-state index in [1.54, 1.807) is 0 Å². The largest absolute Gasteiger partial charge is 0.464 e. The molecule has 0 saturated carbocycles. The molecule has 21 heavy (non-hydrogen) atoms. The van der Waals surface area contributed by atoms with Crippen molar-refractivity contribution in [2.45, 2.75) is 38.9 Å². The third-order valence-electron chi connectivity index (χ3n) is 2.07. The van der Waals surface area contributed by atoms with E-state index in [2.05, 4.69) is 14.2 Å². The second-order valence-corrected chi connectivity index (χ2v) is 3.79. The molecule has 9 heteroatoms. The fourth-order valence-electron chi connectivity index (χ4n) is 1.17. The Kier molecular flexibility index (Phi) is 8.90. The van der Waals surface area contributed by atoms with Crippen LogP contribution in [0.3, 0.4) is 0 Å². The Hall–Kier alpha value is -2.00. The molecule has 9 nitrogen and oxygen atoms in total. The molecule has 0 bridgehead atoms. The summed E-state index contributed by atoms with van der Waals surface area (Å²) >= 11 is 0. The fraction of sp³-hybridized carbons (Fsp3) is 0.667. The number of hydrogen-bond donors (Lipinski definition) is 2. The number of aliphatic hydroxyl groups is 2. The number of ether oxygens (including phenoxy) is 3. The lowest BCUT2D eigenvalue weighted by Gasteiger charge is -2.10. The van der Waals surface area contributed by atoms with Crippen LogP contribution in [0.4, 0.5) is 0 Å². The summed E-state index contributed by atoms with van der Waals surface area (Å²) in [5.74, 6) is -4.41. The topological polar surface area (TPSA) is 136 Å². The standard InChI is InChI=1S/C12H18O9/c1-3-19-11(17)7(13)5-9(15)21-10(16)6-8(14)12(18)20-4-2/h7-8,13-14H,3-6H2,1-2H3. The Morgan fingerprint density at radius 1 is 0.810 bits per heavy atom. The highest BCUT2D eigenvalue weighted by Crippen LogP contribution is 2.02. The van der Waals surface area contributed by atoms with Crippen molar-refractivity contribution >= 4 is 23.9 Å². The monoisotopic (exact) mass is 306 g/mol. The molecule has 0 aromatic heterocycles. The molecule has 0 aromatic carbocycles. The summed E-state index contributed by atoms with van der Waals surface area (Å²) in [6.07, 6.45) is -5.05. The summed E-state index contributed by atoms with van der Waals surface area (Å²) in [6, 6.07) is 0. The van der Waals surface area contributed by atoms with E-state index in [0.29, 0.717) is 0 Å². The van der Waals surface area contributed by atoms with Gasteiger partial charge in [-0.15, -0.1) is 0 Å². The van der Waals surface area contributed by atoms with E-state index in [1.807, 2.05) is 0 Å². The van der Waals surface area contributed by atoms with E-state index >= 15 is 0 Å². The summed E-state index contributed by atoms with van der Waals surface area (Å²) < 4.78 is 13.1. The van der Waals surface area contributed by atoms with Crippen molar-refractivity contribution in [1.82, 2.24) is 0 Å². The fourth-order valence-corrected chi connectivity index (χ4v) is 1.17. The summed E-state index contributed by atoms with van der Waals surface area (Å²) in [5, 5.41) is 18.5. The van der Waals surface area contributed by atoms with Gasteiger partial charge in [-0.25, -0.2) is 9.59 Å². The minimum Gasteiger partial charge on any atom is -0.464 e. The van der Waals surface area contributed by atoms with Gasteiger partial charge in [0.1, 0.15) is 0 Å². The van der Waals surface area contributed by atoms with Gasteiger partial charge < -0.3 is 24.4 Å². The summed E-state index contributed by atoms with van der Waals surface area (Å²) in [6.45, 7) is 3.08. The molecule has 0 saturated heterocycles. The average Bonchev–Trinajstić information content (AvgIpc) is 2.38. The maximum Gasteiger partial charge on any atom is 0.335 e. The van der Waals surface area contributed by atoms with Gasteiger partial charge in [-0.05, 0) is 13.8 Å². The molecule has 120 valence electrons. The second-order valence-electron chi connectivity index (χ2n) is 3.79. The van der Waals surface area contributed by atoms with E-state index < -0.39 is 48.9 Å². The van der Waals surface area contributed by atoms with Crippen LogP contribution in [0.2, 0.25) is 0 Å². The molecule has 2 unspecified atom stereocenters. The zero-order chi connectivity index (χ0) is 16.4. The highest BCUT2D eigenvalue weighted by molar-refractivity contribution is 5.90. The minimum atomic E-state index is -1.75.